The van der Waals surface area contributed by atoms with E-state index in [1.54, 1.807) is 7.11 Å². The fraction of sp³-hybridized carbons (Fsp3) is 0.600. The summed E-state index contributed by atoms with van der Waals surface area (Å²) >= 11 is 0. The van der Waals surface area contributed by atoms with Gasteiger partial charge in [-0.2, -0.15) is 4.98 Å². The summed E-state index contributed by atoms with van der Waals surface area (Å²) in [5, 5.41) is 0. The van der Waals surface area contributed by atoms with Gasteiger partial charge in [0.25, 0.3) is 0 Å². The molecule has 1 aliphatic rings. The van der Waals surface area contributed by atoms with E-state index in [-0.39, 0.29) is 0 Å². The van der Waals surface area contributed by atoms with Gasteiger partial charge in [0.2, 0.25) is 5.88 Å². The van der Waals surface area contributed by atoms with Gasteiger partial charge in [-0.1, -0.05) is 0 Å². The number of nitrogens with zero attached hydrogens (tertiary/aromatic N) is 4. The van der Waals surface area contributed by atoms with Crippen LogP contribution in [0.5, 0.6) is 5.88 Å². The maximum absolute atomic E-state index is 5.95. The van der Waals surface area contributed by atoms with Crippen molar-refractivity contribution in [2.45, 2.75) is 0 Å². The van der Waals surface area contributed by atoms with Crippen LogP contribution in [0.25, 0.3) is 0 Å². The van der Waals surface area contributed by atoms with Crippen molar-refractivity contribution in [2.75, 3.05) is 51.0 Å². The minimum atomic E-state index is 0.448. The minimum Gasteiger partial charge on any atom is -0.479 e. The molecule has 6 heteroatoms. The molecule has 2 heterocycles. The summed E-state index contributed by atoms with van der Waals surface area (Å²) in [4.78, 5) is 12.6. The van der Waals surface area contributed by atoms with Gasteiger partial charge in [0.05, 0.1) is 7.11 Å². The Morgan fingerprint density at radius 2 is 1.94 bits per heavy atom. The molecule has 0 unspecified atom stereocenters. The number of hydrogen-bond donors (Lipinski definition) is 1. The SMILES string of the molecule is COc1ncnc(N2CCN(C)CC2)c1N. The summed E-state index contributed by atoms with van der Waals surface area (Å²) in [7, 11) is 3.67. The maximum atomic E-state index is 5.95. The van der Waals surface area contributed by atoms with Gasteiger partial charge in [-0.3, -0.25) is 0 Å². The topological polar surface area (TPSA) is 67.5 Å². The van der Waals surface area contributed by atoms with Gasteiger partial charge in [0.15, 0.2) is 5.82 Å². The van der Waals surface area contributed by atoms with E-state index in [4.69, 9.17) is 10.5 Å². The first-order valence-corrected chi connectivity index (χ1v) is 5.30. The molecule has 2 rings (SSSR count). The molecule has 0 spiro atoms. The van der Waals surface area contributed by atoms with Crippen molar-refractivity contribution in [2.24, 2.45) is 0 Å². The minimum absolute atomic E-state index is 0.448. The number of likely N-dealkylation sites (N-methyl/N-ethyl adjacent to an activating group) is 1. The van der Waals surface area contributed by atoms with Crippen LogP contribution in [0.1, 0.15) is 0 Å². The Morgan fingerprint density at radius 3 is 2.56 bits per heavy atom. The number of hydrogen-bond acceptors (Lipinski definition) is 6. The monoisotopic (exact) mass is 223 g/mol. The Bertz CT molecular complexity index is 362. The molecule has 88 valence electrons. The molecule has 0 radical (unpaired) electrons. The third-order valence-corrected chi connectivity index (χ3v) is 2.82. The molecule has 6 nitrogen and oxygen atoms in total. The summed E-state index contributed by atoms with van der Waals surface area (Å²) in [6.45, 7) is 3.90. The Balaban J connectivity index is 2.20. The first-order chi connectivity index (χ1) is 7.72. The molecule has 1 aromatic heterocycles. The van der Waals surface area contributed by atoms with Crippen molar-refractivity contribution in [3.63, 3.8) is 0 Å². The van der Waals surface area contributed by atoms with Crippen molar-refractivity contribution in [1.82, 2.24) is 14.9 Å². The zero-order chi connectivity index (χ0) is 11.5. The maximum Gasteiger partial charge on any atom is 0.242 e. The molecule has 1 aromatic rings. The third-order valence-electron chi connectivity index (χ3n) is 2.82. The second-order valence-corrected chi connectivity index (χ2v) is 3.91. The van der Waals surface area contributed by atoms with Crippen LogP contribution in [-0.4, -0.2) is 55.2 Å². The van der Waals surface area contributed by atoms with Crippen molar-refractivity contribution >= 4 is 11.5 Å². The fourth-order valence-electron chi connectivity index (χ4n) is 1.80. The van der Waals surface area contributed by atoms with E-state index in [1.807, 2.05) is 0 Å². The Morgan fingerprint density at radius 1 is 1.25 bits per heavy atom. The highest BCUT2D eigenvalue weighted by atomic mass is 16.5. The van der Waals surface area contributed by atoms with E-state index in [2.05, 4.69) is 26.8 Å². The molecule has 2 N–H and O–H groups in total. The highest BCUT2D eigenvalue weighted by Crippen LogP contribution is 2.27. The van der Waals surface area contributed by atoms with Gasteiger partial charge in [0, 0.05) is 26.2 Å². The second-order valence-electron chi connectivity index (χ2n) is 3.91. The molecule has 0 atom stereocenters. The fourth-order valence-corrected chi connectivity index (χ4v) is 1.80. The number of piperazine rings is 1. The molecule has 1 saturated heterocycles. The van der Waals surface area contributed by atoms with Crippen LogP contribution in [-0.2, 0) is 0 Å². The molecule has 0 aromatic carbocycles. The zero-order valence-corrected chi connectivity index (χ0v) is 9.68. The highest BCUT2D eigenvalue weighted by Gasteiger charge is 2.19. The second kappa shape index (κ2) is 4.52. The summed E-state index contributed by atoms with van der Waals surface area (Å²) in [6, 6.07) is 0. The Labute approximate surface area is 95.0 Å². The predicted molar refractivity (Wildman–Crippen MR) is 62.7 cm³/mol. The average molecular weight is 223 g/mol. The number of aromatic nitrogens is 2. The molecule has 0 amide bonds. The Hall–Kier alpha value is -1.56. The molecular weight excluding hydrogens is 206 g/mol. The normalized spacial score (nSPS) is 17.5. The van der Waals surface area contributed by atoms with E-state index in [0.29, 0.717) is 11.6 Å². The first kappa shape index (κ1) is 10.9. The number of ether oxygens (including phenoxy) is 1. The molecule has 16 heavy (non-hydrogen) atoms. The standard InChI is InChI=1S/C10H17N5O/c1-14-3-5-15(6-4-14)9-8(11)10(16-2)13-7-12-9/h7H,3-6,11H2,1-2H3. The molecule has 0 aliphatic carbocycles. The smallest absolute Gasteiger partial charge is 0.242 e. The average Bonchev–Trinajstić information content (AvgIpc) is 2.31. The molecule has 0 saturated carbocycles. The number of methoxy groups -OCH3 is 1. The predicted octanol–water partition coefficient (Wildman–Crippen LogP) is -0.181. The molecule has 1 aliphatic heterocycles. The van der Waals surface area contributed by atoms with Crippen LogP contribution in [0.3, 0.4) is 0 Å². The number of nitrogens with two attached hydrogens (primary N) is 1. The van der Waals surface area contributed by atoms with Crippen molar-refractivity contribution in [3.05, 3.63) is 6.33 Å². The van der Waals surface area contributed by atoms with Crippen LogP contribution >= 0.6 is 0 Å². The summed E-state index contributed by atoms with van der Waals surface area (Å²) in [5.74, 6) is 1.23. The van der Waals surface area contributed by atoms with Crippen molar-refractivity contribution in [3.8, 4) is 5.88 Å². The third kappa shape index (κ3) is 2.01. The van der Waals surface area contributed by atoms with Crippen LogP contribution in [0.2, 0.25) is 0 Å². The lowest BCUT2D eigenvalue weighted by Gasteiger charge is -2.33. The largest absolute Gasteiger partial charge is 0.479 e. The van der Waals surface area contributed by atoms with Gasteiger partial charge in [-0.05, 0) is 7.05 Å². The number of rotatable bonds is 2. The summed E-state index contributed by atoms with van der Waals surface area (Å²) < 4.78 is 5.08. The molecule has 1 fully saturated rings. The summed E-state index contributed by atoms with van der Waals surface area (Å²) in [6.07, 6.45) is 1.49. The highest BCUT2D eigenvalue weighted by molar-refractivity contribution is 5.67. The summed E-state index contributed by atoms with van der Waals surface area (Å²) in [5.41, 5.74) is 6.48. The first-order valence-electron chi connectivity index (χ1n) is 5.30. The number of nitrogen functional groups attached to an aromatic ring is 1. The van der Waals surface area contributed by atoms with E-state index >= 15 is 0 Å². The van der Waals surface area contributed by atoms with E-state index in [9.17, 15) is 0 Å². The van der Waals surface area contributed by atoms with E-state index in [1.165, 1.54) is 6.33 Å². The number of anilines is 2. The lowest BCUT2D eigenvalue weighted by Crippen LogP contribution is -2.45. The van der Waals surface area contributed by atoms with Crippen LogP contribution in [0.15, 0.2) is 6.33 Å². The molecular formula is C10H17N5O. The van der Waals surface area contributed by atoms with E-state index < -0.39 is 0 Å². The van der Waals surface area contributed by atoms with Crippen molar-refractivity contribution in [1.29, 1.82) is 0 Å². The van der Waals surface area contributed by atoms with Gasteiger partial charge in [-0.25, -0.2) is 4.98 Å². The quantitative estimate of drug-likeness (QED) is 0.750. The van der Waals surface area contributed by atoms with Crippen LogP contribution in [0.4, 0.5) is 11.5 Å². The van der Waals surface area contributed by atoms with Gasteiger partial charge >= 0.3 is 0 Å². The lowest BCUT2D eigenvalue weighted by molar-refractivity contribution is 0.312. The Kier molecular flexibility index (Phi) is 3.09. The van der Waals surface area contributed by atoms with Crippen LogP contribution in [0, 0.1) is 0 Å². The lowest BCUT2D eigenvalue weighted by atomic mass is 10.3. The van der Waals surface area contributed by atoms with Gasteiger partial charge < -0.3 is 20.3 Å². The zero-order valence-electron chi connectivity index (χ0n) is 9.68. The molecule has 0 bridgehead atoms. The van der Waals surface area contributed by atoms with E-state index in [0.717, 1.165) is 32.0 Å². The van der Waals surface area contributed by atoms with Gasteiger partial charge in [-0.15, -0.1) is 0 Å². The van der Waals surface area contributed by atoms with Gasteiger partial charge in [0.1, 0.15) is 12.0 Å². The van der Waals surface area contributed by atoms with Crippen LogP contribution < -0.4 is 15.4 Å². The van der Waals surface area contributed by atoms with Crippen molar-refractivity contribution < 1.29 is 4.74 Å².